The highest BCUT2D eigenvalue weighted by Gasteiger charge is 2.20. The molecule has 1 N–H and O–H groups in total. The van der Waals surface area contributed by atoms with Crippen LogP contribution in [0.2, 0.25) is 0 Å². The standard InChI is InChI=1S/C17H27N3/c1-3-14(2)20-10-8-19(9-11-20)13-15-4-5-17-16(12-15)6-7-18-17/h4-5,12,14,18H,3,6-11,13H2,1-2H3. The van der Waals surface area contributed by atoms with Crippen molar-refractivity contribution in [1.29, 1.82) is 0 Å². The van der Waals surface area contributed by atoms with Crippen molar-refractivity contribution < 1.29 is 0 Å². The molecule has 20 heavy (non-hydrogen) atoms. The number of nitrogens with zero attached hydrogens (tertiary/aromatic N) is 2. The van der Waals surface area contributed by atoms with Gasteiger partial charge >= 0.3 is 0 Å². The van der Waals surface area contributed by atoms with Crippen LogP contribution in [0.3, 0.4) is 0 Å². The zero-order valence-electron chi connectivity index (χ0n) is 12.9. The van der Waals surface area contributed by atoms with Crippen LogP contribution in [0.15, 0.2) is 18.2 Å². The summed E-state index contributed by atoms with van der Waals surface area (Å²) in [7, 11) is 0. The molecule has 0 amide bonds. The van der Waals surface area contributed by atoms with Crippen molar-refractivity contribution in [3.8, 4) is 0 Å². The molecule has 3 rings (SSSR count). The minimum Gasteiger partial charge on any atom is -0.384 e. The van der Waals surface area contributed by atoms with E-state index in [0.29, 0.717) is 0 Å². The average Bonchev–Trinajstić information content (AvgIpc) is 2.95. The largest absolute Gasteiger partial charge is 0.384 e. The van der Waals surface area contributed by atoms with Crippen LogP contribution in [0.5, 0.6) is 0 Å². The summed E-state index contributed by atoms with van der Waals surface area (Å²) in [6.07, 6.45) is 2.45. The number of benzene rings is 1. The van der Waals surface area contributed by atoms with Gasteiger partial charge in [-0.1, -0.05) is 19.1 Å². The summed E-state index contributed by atoms with van der Waals surface area (Å²) < 4.78 is 0. The molecule has 1 aromatic carbocycles. The second-order valence-electron chi connectivity index (χ2n) is 6.24. The van der Waals surface area contributed by atoms with Crippen LogP contribution in [-0.2, 0) is 13.0 Å². The summed E-state index contributed by atoms with van der Waals surface area (Å²) in [5, 5.41) is 3.44. The predicted molar refractivity (Wildman–Crippen MR) is 85.2 cm³/mol. The van der Waals surface area contributed by atoms with Crippen molar-refractivity contribution in [2.75, 3.05) is 38.0 Å². The molecule has 1 atom stereocenters. The summed E-state index contributed by atoms with van der Waals surface area (Å²) in [5.74, 6) is 0. The summed E-state index contributed by atoms with van der Waals surface area (Å²) in [5.41, 5.74) is 4.32. The maximum atomic E-state index is 3.44. The van der Waals surface area contributed by atoms with Crippen LogP contribution in [0.25, 0.3) is 0 Å². The van der Waals surface area contributed by atoms with Crippen molar-refractivity contribution in [3.05, 3.63) is 29.3 Å². The quantitative estimate of drug-likeness (QED) is 0.909. The average molecular weight is 273 g/mol. The van der Waals surface area contributed by atoms with Gasteiger partial charge in [0.05, 0.1) is 0 Å². The van der Waals surface area contributed by atoms with Gasteiger partial charge in [-0.3, -0.25) is 9.80 Å². The minimum absolute atomic E-state index is 0.739. The van der Waals surface area contributed by atoms with Gasteiger partial charge in [0.25, 0.3) is 0 Å². The molecule has 3 heteroatoms. The molecule has 0 saturated carbocycles. The van der Waals surface area contributed by atoms with Crippen LogP contribution in [0.4, 0.5) is 5.69 Å². The van der Waals surface area contributed by atoms with Crippen molar-refractivity contribution in [2.45, 2.75) is 39.3 Å². The van der Waals surface area contributed by atoms with Gasteiger partial charge in [0, 0.05) is 51.0 Å². The van der Waals surface area contributed by atoms with Gasteiger partial charge in [0.1, 0.15) is 0 Å². The molecule has 110 valence electrons. The highest BCUT2D eigenvalue weighted by Crippen LogP contribution is 2.24. The molecule has 3 nitrogen and oxygen atoms in total. The summed E-state index contributed by atoms with van der Waals surface area (Å²) in [4.78, 5) is 5.23. The lowest BCUT2D eigenvalue weighted by atomic mass is 10.1. The molecule has 2 aliphatic heterocycles. The smallest absolute Gasteiger partial charge is 0.0373 e. The molecule has 0 radical (unpaired) electrons. The monoisotopic (exact) mass is 273 g/mol. The third-order valence-corrected chi connectivity index (χ3v) is 4.91. The minimum atomic E-state index is 0.739. The van der Waals surface area contributed by atoms with E-state index >= 15 is 0 Å². The van der Waals surface area contributed by atoms with Gasteiger partial charge in [0.2, 0.25) is 0 Å². The first kappa shape index (κ1) is 13.9. The number of hydrogen-bond acceptors (Lipinski definition) is 3. The summed E-state index contributed by atoms with van der Waals surface area (Å²) in [6, 6.07) is 7.69. The third-order valence-electron chi connectivity index (χ3n) is 4.91. The maximum absolute atomic E-state index is 3.44. The highest BCUT2D eigenvalue weighted by molar-refractivity contribution is 5.56. The fraction of sp³-hybridized carbons (Fsp3) is 0.647. The van der Waals surface area contributed by atoms with E-state index in [1.54, 1.807) is 0 Å². The number of piperazine rings is 1. The number of anilines is 1. The van der Waals surface area contributed by atoms with E-state index in [4.69, 9.17) is 0 Å². The first-order chi connectivity index (χ1) is 9.76. The van der Waals surface area contributed by atoms with E-state index in [9.17, 15) is 0 Å². The Morgan fingerprint density at radius 3 is 2.75 bits per heavy atom. The Balaban J connectivity index is 1.55. The van der Waals surface area contributed by atoms with Crippen molar-refractivity contribution in [2.24, 2.45) is 0 Å². The molecule has 0 aromatic heterocycles. The fourth-order valence-electron chi connectivity index (χ4n) is 3.34. The second kappa shape index (κ2) is 6.15. The molecule has 0 bridgehead atoms. The SMILES string of the molecule is CCC(C)N1CCN(Cc2ccc3c(c2)CCN3)CC1. The van der Waals surface area contributed by atoms with Gasteiger partial charge < -0.3 is 5.32 Å². The van der Waals surface area contributed by atoms with Gasteiger partial charge in [-0.25, -0.2) is 0 Å². The fourth-order valence-corrected chi connectivity index (χ4v) is 3.34. The first-order valence-corrected chi connectivity index (χ1v) is 8.08. The van der Waals surface area contributed by atoms with E-state index in [0.717, 1.165) is 19.1 Å². The predicted octanol–water partition coefficient (Wildman–Crippen LogP) is 2.57. The van der Waals surface area contributed by atoms with Gasteiger partial charge in [-0.2, -0.15) is 0 Å². The van der Waals surface area contributed by atoms with E-state index in [1.165, 1.54) is 55.8 Å². The molecule has 1 fully saturated rings. The van der Waals surface area contributed by atoms with Crippen LogP contribution >= 0.6 is 0 Å². The Morgan fingerprint density at radius 1 is 1.20 bits per heavy atom. The van der Waals surface area contributed by atoms with Crippen molar-refractivity contribution in [3.63, 3.8) is 0 Å². The van der Waals surface area contributed by atoms with Crippen LogP contribution in [-0.4, -0.2) is 48.6 Å². The zero-order chi connectivity index (χ0) is 13.9. The van der Waals surface area contributed by atoms with Crippen molar-refractivity contribution >= 4 is 5.69 Å². The lowest BCUT2D eigenvalue weighted by molar-refractivity contribution is 0.0963. The summed E-state index contributed by atoms with van der Waals surface area (Å²) in [6.45, 7) is 11.7. The number of hydrogen-bond donors (Lipinski definition) is 1. The van der Waals surface area contributed by atoms with E-state index < -0.39 is 0 Å². The van der Waals surface area contributed by atoms with Gasteiger partial charge in [-0.05, 0) is 37.0 Å². The van der Waals surface area contributed by atoms with E-state index in [1.807, 2.05) is 0 Å². The van der Waals surface area contributed by atoms with E-state index in [2.05, 4.69) is 47.2 Å². The lowest BCUT2D eigenvalue weighted by Gasteiger charge is -2.37. The molecule has 1 unspecified atom stereocenters. The lowest BCUT2D eigenvalue weighted by Crippen LogP contribution is -2.48. The zero-order valence-corrected chi connectivity index (χ0v) is 12.9. The maximum Gasteiger partial charge on any atom is 0.0373 e. The van der Waals surface area contributed by atoms with Crippen LogP contribution < -0.4 is 5.32 Å². The number of fused-ring (bicyclic) bond motifs is 1. The Hall–Kier alpha value is -1.06. The normalized spacial score (nSPS) is 21.5. The Kier molecular flexibility index (Phi) is 4.27. The molecule has 2 aliphatic rings. The molecule has 1 aromatic rings. The molecular weight excluding hydrogens is 246 g/mol. The molecular formula is C17H27N3. The van der Waals surface area contributed by atoms with E-state index in [-0.39, 0.29) is 0 Å². The van der Waals surface area contributed by atoms with Crippen LogP contribution in [0, 0.1) is 0 Å². The topological polar surface area (TPSA) is 18.5 Å². The third kappa shape index (κ3) is 2.99. The molecule has 2 heterocycles. The second-order valence-corrected chi connectivity index (χ2v) is 6.24. The Labute approximate surface area is 123 Å². The molecule has 0 aliphatic carbocycles. The van der Waals surface area contributed by atoms with Crippen molar-refractivity contribution in [1.82, 2.24) is 9.80 Å². The Bertz CT molecular complexity index is 450. The van der Waals surface area contributed by atoms with Gasteiger partial charge in [0.15, 0.2) is 0 Å². The molecule has 1 saturated heterocycles. The number of nitrogens with one attached hydrogen (secondary N) is 1. The highest BCUT2D eigenvalue weighted by atomic mass is 15.3. The summed E-state index contributed by atoms with van der Waals surface area (Å²) >= 11 is 0. The Morgan fingerprint density at radius 2 is 2.00 bits per heavy atom. The van der Waals surface area contributed by atoms with Crippen LogP contribution in [0.1, 0.15) is 31.4 Å². The number of rotatable bonds is 4. The van der Waals surface area contributed by atoms with Gasteiger partial charge in [-0.15, -0.1) is 0 Å². The molecule has 0 spiro atoms. The first-order valence-electron chi connectivity index (χ1n) is 8.08.